The number of aromatic nitrogens is 1. The first kappa shape index (κ1) is 17.5. The number of piperidine rings is 1. The van der Waals surface area contributed by atoms with E-state index in [1.807, 2.05) is 6.07 Å². The van der Waals surface area contributed by atoms with Crippen LogP contribution in [0.2, 0.25) is 0 Å². The van der Waals surface area contributed by atoms with E-state index in [0.29, 0.717) is 12.3 Å². The minimum atomic E-state index is -3.16. The Morgan fingerprint density at radius 1 is 1.25 bits per heavy atom. The number of hydrogen-bond donors (Lipinski definition) is 2. The second-order valence-electron chi connectivity index (χ2n) is 7.55. The highest BCUT2D eigenvalue weighted by Crippen LogP contribution is 2.34. The smallest absolute Gasteiger partial charge is 0.211 e. The molecule has 2 N–H and O–H groups in total. The number of quaternary nitrogens is 1. The Balaban J connectivity index is 1.81. The number of nitrogens with zero attached hydrogens (tertiary/aromatic N) is 1. The lowest BCUT2D eigenvalue weighted by Crippen LogP contribution is -2.45. The van der Waals surface area contributed by atoms with Gasteiger partial charge < -0.3 is 9.47 Å². The fourth-order valence-corrected chi connectivity index (χ4v) is 4.32. The molecule has 1 aliphatic rings. The van der Waals surface area contributed by atoms with Gasteiger partial charge in [-0.1, -0.05) is 6.07 Å². The molecule has 1 aromatic carbocycles. The normalized spacial score (nSPS) is 19.0. The van der Waals surface area contributed by atoms with E-state index < -0.39 is 10.0 Å². The first-order valence-electron chi connectivity index (χ1n) is 8.63. The molecule has 24 heavy (non-hydrogen) atoms. The van der Waals surface area contributed by atoms with Gasteiger partial charge in [-0.05, 0) is 42.6 Å². The van der Waals surface area contributed by atoms with E-state index in [2.05, 4.69) is 42.1 Å². The molecule has 1 fully saturated rings. The van der Waals surface area contributed by atoms with E-state index in [-0.39, 0.29) is 5.75 Å². The minimum absolute atomic E-state index is 0.129. The molecule has 2 aromatic rings. The van der Waals surface area contributed by atoms with Crippen molar-refractivity contribution in [3.63, 3.8) is 0 Å². The Hall–Kier alpha value is -1.37. The standard InChI is InChI=1S/C18H28N3O2S/c1-19-24(22,23)11-8-14-4-5-18-16(12-14)17(13-20-18)15-6-9-21(2,3)10-7-15/h4-5,12-13,15,19-20H,6-11H2,1-3H3/q+1. The lowest BCUT2D eigenvalue weighted by Gasteiger charge is -2.37. The van der Waals surface area contributed by atoms with Gasteiger partial charge in [0.15, 0.2) is 0 Å². The number of nitrogens with one attached hydrogen (secondary N) is 2. The highest BCUT2D eigenvalue weighted by Gasteiger charge is 2.28. The fraction of sp³-hybridized carbons (Fsp3) is 0.556. The molecule has 2 heterocycles. The molecule has 6 heteroatoms. The molecule has 0 spiro atoms. The third kappa shape index (κ3) is 3.82. The van der Waals surface area contributed by atoms with E-state index >= 15 is 0 Å². The van der Waals surface area contributed by atoms with Crippen molar-refractivity contribution in [1.29, 1.82) is 0 Å². The molecule has 0 aliphatic carbocycles. The lowest BCUT2D eigenvalue weighted by atomic mass is 9.88. The monoisotopic (exact) mass is 350 g/mol. The summed E-state index contributed by atoms with van der Waals surface area (Å²) in [5.74, 6) is 0.727. The number of fused-ring (bicyclic) bond motifs is 1. The summed E-state index contributed by atoms with van der Waals surface area (Å²) in [7, 11) is 2.90. The van der Waals surface area contributed by atoms with Crippen molar-refractivity contribution in [3.8, 4) is 0 Å². The third-order valence-electron chi connectivity index (χ3n) is 5.35. The van der Waals surface area contributed by atoms with Gasteiger partial charge in [-0.25, -0.2) is 13.1 Å². The number of sulfonamides is 1. The predicted octanol–water partition coefficient (Wildman–Crippen LogP) is 2.21. The van der Waals surface area contributed by atoms with Gasteiger partial charge >= 0.3 is 0 Å². The molecule has 0 bridgehead atoms. The highest BCUT2D eigenvalue weighted by atomic mass is 32.2. The van der Waals surface area contributed by atoms with Gasteiger partial charge in [-0.3, -0.25) is 0 Å². The zero-order valence-electron chi connectivity index (χ0n) is 14.8. The maximum atomic E-state index is 11.6. The van der Waals surface area contributed by atoms with Gasteiger partial charge in [-0.15, -0.1) is 0 Å². The first-order valence-corrected chi connectivity index (χ1v) is 10.3. The Morgan fingerprint density at radius 3 is 2.62 bits per heavy atom. The van der Waals surface area contributed by atoms with Crippen LogP contribution in [0.4, 0.5) is 0 Å². The van der Waals surface area contributed by atoms with E-state index in [4.69, 9.17) is 0 Å². The van der Waals surface area contributed by atoms with Crippen molar-refractivity contribution in [2.75, 3.05) is 40.0 Å². The Kier molecular flexibility index (Phi) is 4.73. The molecule has 3 rings (SSSR count). The molecule has 0 saturated carbocycles. The first-order chi connectivity index (χ1) is 11.3. The zero-order valence-corrected chi connectivity index (χ0v) is 15.6. The Bertz CT molecular complexity index is 814. The van der Waals surface area contributed by atoms with Gasteiger partial charge in [0.1, 0.15) is 0 Å². The molecule has 5 nitrogen and oxygen atoms in total. The molecule has 0 radical (unpaired) electrons. The second kappa shape index (κ2) is 6.50. The average molecular weight is 351 g/mol. The fourth-order valence-electron chi connectivity index (χ4n) is 3.61. The Labute approximate surface area is 144 Å². The number of rotatable bonds is 5. The number of H-pyrrole nitrogens is 1. The summed E-state index contributed by atoms with van der Waals surface area (Å²) in [5, 5.41) is 1.26. The van der Waals surface area contributed by atoms with Gasteiger partial charge in [0.05, 0.1) is 32.9 Å². The quantitative estimate of drug-likeness (QED) is 0.812. The van der Waals surface area contributed by atoms with Gasteiger partial charge in [0, 0.05) is 29.9 Å². The minimum Gasteiger partial charge on any atom is -0.361 e. The summed E-state index contributed by atoms with van der Waals surface area (Å²) in [6.45, 7) is 2.41. The van der Waals surface area contributed by atoms with Crippen LogP contribution in [0.15, 0.2) is 24.4 Å². The third-order valence-corrected chi connectivity index (χ3v) is 6.72. The largest absolute Gasteiger partial charge is 0.361 e. The molecule has 0 unspecified atom stereocenters. The van der Waals surface area contributed by atoms with Gasteiger partial charge in [-0.2, -0.15) is 0 Å². The number of likely N-dealkylation sites (tertiary alicyclic amines) is 1. The molecule has 1 aromatic heterocycles. The molecule has 132 valence electrons. The zero-order chi connectivity index (χ0) is 17.4. The van der Waals surface area contributed by atoms with Crippen molar-refractivity contribution in [2.45, 2.75) is 25.2 Å². The van der Waals surface area contributed by atoms with Gasteiger partial charge in [0.25, 0.3) is 0 Å². The van der Waals surface area contributed by atoms with Crippen LogP contribution in [0, 0.1) is 0 Å². The van der Waals surface area contributed by atoms with Crippen LogP contribution in [0.5, 0.6) is 0 Å². The summed E-state index contributed by atoms with van der Waals surface area (Å²) in [6.07, 6.45) is 5.10. The van der Waals surface area contributed by atoms with Crippen molar-refractivity contribution in [3.05, 3.63) is 35.5 Å². The van der Waals surface area contributed by atoms with Gasteiger partial charge in [0.2, 0.25) is 10.0 Å². The van der Waals surface area contributed by atoms with E-state index in [0.717, 1.165) is 15.6 Å². The van der Waals surface area contributed by atoms with Crippen molar-refractivity contribution in [1.82, 2.24) is 9.71 Å². The van der Waals surface area contributed by atoms with Crippen LogP contribution in [0.25, 0.3) is 10.9 Å². The highest BCUT2D eigenvalue weighted by molar-refractivity contribution is 7.89. The lowest BCUT2D eigenvalue weighted by molar-refractivity contribution is -0.895. The summed E-state index contributed by atoms with van der Waals surface area (Å²) in [5.41, 5.74) is 3.61. The maximum Gasteiger partial charge on any atom is 0.211 e. The van der Waals surface area contributed by atoms with Crippen LogP contribution in [0.1, 0.15) is 29.9 Å². The average Bonchev–Trinajstić information content (AvgIpc) is 2.96. The van der Waals surface area contributed by atoms with Crippen LogP contribution < -0.4 is 4.72 Å². The maximum absolute atomic E-state index is 11.6. The summed E-state index contributed by atoms with van der Waals surface area (Å²) >= 11 is 0. The van der Waals surface area contributed by atoms with Crippen LogP contribution in [-0.4, -0.2) is 57.9 Å². The van der Waals surface area contributed by atoms with E-state index in [9.17, 15) is 8.42 Å². The molecule has 0 amide bonds. The number of aryl methyl sites for hydroxylation is 1. The second-order valence-corrected chi connectivity index (χ2v) is 9.60. The Morgan fingerprint density at radius 2 is 1.96 bits per heavy atom. The molecular formula is C18H28N3O2S+. The van der Waals surface area contributed by atoms with Crippen LogP contribution >= 0.6 is 0 Å². The summed E-state index contributed by atoms with van der Waals surface area (Å²) in [6, 6.07) is 6.26. The SMILES string of the molecule is CNS(=O)(=O)CCc1ccc2[nH]cc(C3CC[N+](C)(C)CC3)c2c1. The molecule has 1 saturated heterocycles. The number of benzene rings is 1. The molecule has 1 aliphatic heterocycles. The summed E-state index contributed by atoms with van der Waals surface area (Å²) < 4.78 is 26.8. The van der Waals surface area contributed by atoms with E-state index in [1.54, 1.807) is 0 Å². The van der Waals surface area contributed by atoms with Crippen molar-refractivity contribution < 1.29 is 12.9 Å². The number of hydrogen-bond acceptors (Lipinski definition) is 2. The molecular weight excluding hydrogens is 322 g/mol. The number of aromatic amines is 1. The predicted molar refractivity (Wildman–Crippen MR) is 98.7 cm³/mol. The van der Waals surface area contributed by atoms with E-state index in [1.165, 1.54) is 43.9 Å². The van der Waals surface area contributed by atoms with Crippen LogP contribution in [0.3, 0.4) is 0 Å². The topological polar surface area (TPSA) is 62.0 Å². The molecule has 0 atom stereocenters. The van der Waals surface area contributed by atoms with Crippen molar-refractivity contribution in [2.24, 2.45) is 0 Å². The van der Waals surface area contributed by atoms with Crippen molar-refractivity contribution >= 4 is 20.9 Å². The van der Waals surface area contributed by atoms with Crippen LogP contribution in [-0.2, 0) is 16.4 Å². The summed E-state index contributed by atoms with van der Waals surface area (Å²) in [4.78, 5) is 3.38.